The van der Waals surface area contributed by atoms with Crippen LogP contribution in [-0.2, 0) is 0 Å². The quantitative estimate of drug-likeness (QED) is 0.842. The average Bonchev–Trinajstić information content (AvgIpc) is 2.57. The largest absolute Gasteiger partial charge is 0.497 e. The summed E-state index contributed by atoms with van der Waals surface area (Å²) in [5, 5.41) is 3.41. The second-order valence-corrected chi connectivity index (χ2v) is 4.99. The molecular formula is C18H24N2O. The number of hydrogen-bond donors (Lipinski definition) is 1. The Labute approximate surface area is 127 Å². The Balaban J connectivity index is 2.17. The van der Waals surface area contributed by atoms with Crippen LogP contribution in [0.15, 0.2) is 54.6 Å². The zero-order valence-corrected chi connectivity index (χ0v) is 13.0. The van der Waals surface area contributed by atoms with Crippen molar-refractivity contribution in [3.8, 4) is 5.75 Å². The van der Waals surface area contributed by atoms with E-state index in [1.165, 1.54) is 11.3 Å². The first kappa shape index (κ1) is 15.4. The molecular weight excluding hydrogens is 260 g/mol. The third-order valence-corrected chi connectivity index (χ3v) is 3.75. The van der Waals surface area contributed by atoms with Gasteiger partial charge in [-0.15, -0.1) is 0 Å². The van der Waals surface area contributed by atoms with Gasteiger partial charge >= 0.3 is 0 Å². The molecule has 21 heavy (non-hydrogen) atoms. The minimum Gasteiger partial charge on any atom is -0.497 e. The summed E-state index contributed by atoms with van der Waals surface area (Å²) in [4.78, 5) is 2.38. The minimum atomic E-state index is 0.264. The molecule has 0 saturated heterocycles. The standard InChI is InChI=1S/C18H24N2O/c1-4-20(16-10-6-5-7-11-16)14-18(19-2)15-9-8-12-17(13-15)21-3/h5-13,18-19H,4,14H2,1-3H3. The number of para-hydroxylation sites is 1. The summed E-state index contributed by atoms with van der Waals surface area (Å²) in [5.41, 5.74) is 2.49. The van der Waals surface area contributed by atoms with E-state index in [0.717, 1.165) is 18.8 Å². The van der Waals surface area contributed by atoms with Crippen LogP contribution >= 0.6 is 0 Å². The molecule has 0 saturated carbocycles. The van der Waals surface area contributed by atoms with E-state index in [9.17, 15) is 0 Å². The van der Waals surface area contributed by atoms with Crippen LogP contribution in [0, 0.1) is 0 Å². The van der Waals surface area contributed by atoms with Crippen LogP contribution in [0.5, 0.6) is 5.75 Å². The van der Waals surface area contributed by atoms with Crippen molar-refractivity contribution in [1.82, 2.24) is 5.32 Å². The van der Waals surface area contributed by atoms with E-state index in [0.29, 0.717) is 0 Å². The fourth-order valence-corrected chi connectivity index (χ4v) is 2.50. The Kier molecular flexibility index (Phi) is 5.64. The number of nitrogens with one attached hydrogen (secondary N) is 1. The molecule has 0 aromatic heterocycles. The number of nitrogens with zero attached hydrogens (tertiary/aromatic N) is 1. The highest BCUT2D eigenvalue weighted by atomic mass is 16.5. The van der Waals surface area contributed by atoms with Gasteiger partial charge in [0.25, 0.3) is 0 Å². The van der Waals surface area contributed by atoms with Crippen molar-refractivity contribution >= 4 is 5.69 Å². The van der Waals surface area contributed by atoms with Crippen LogP contribution in [0.2, 0.25) is 0 Å². The van der Waals surface area contributed by atoms with Crippen LogP contribution in [-0.4, -0.2) is 27.2 Å². The molecule has 1 N–H and O–H groups in total. The third kappa shape index (κ3) is 3.99. The van der Waals surface area contributed by atoms with Crippen LogP contribution in [0.4, 0.5) is 5.69 Å². The molecule has 2 aromatic carbocycles. The highest BCUT2D eigenvalue weighted by Gasteiger charge is 2.14. The lowest BCUT2D eigenvalue weighted by molar-refractivity contribution is 0.413. The molecule has 0 aliphatic carbocycles. The van der Waals surface area contributed by atoms with Crippen LogP contribution in [0.3, 0.4) is 0 Å². The molecule has 0 aliphatic rings. The Morgan fingerprint density at radius 1 is 1.10 bits per heavy atom. The maximum absolute atomic E-state index is 5.32. The second kappa shape index (κ2) is 7.70. The number of likely N-dealkylation sites (N-methyl/N-ethyl adjacent to an activating group) is 2. The first-order chi connectivity index (χ1) is 10.3. The average molecular weight is 284 g/mol. The maximum atomic E-state index is 5.32. The summed E-state index contributed by atoms with van der Waals surface area (Å²) in [7, 11) is 3.71. The van der Waals surface area contributed by atoms with Crippen molar-refractivity contribution in [3.05, 3.63) is 60.2 Å². The van der Waals surface area contributed by atoms with Gasteiger partial charge in [0.1, 0.15) is 5.75 Å². The van der Waals surface area contributed by atoms with E-state index in [1.54, 1.807) is 7.11 Å². The summed E-state index contributed by atoms with van der Waals surface area (Å²) < 4.78 is 5.32. The van der Waals surface area contributed by atoms with Gasteiger partial charge in [-0.05, 0) is 43.8 Å². The topological polar surface area (TPSA) is 24.5 Å². The lowest BCUT2D eigenvalue weighted by atomic mass is 10.1. The minimum absolute atomic E-state index is 0.264. The van der Waals surface area contributed by atoms with Crippen LogP contribution in [0.1, 0.15) is 18.5 Å². The predicted molar refractivity (Wildman–Crippen MR) is 89.1 cm³/mol. The first-order valence-corrected chi connectivity index (χ1v) is 7.39. The lowest BCUT2D eigenvalue weighted by Crippen LogP contribution is -2.33. The molecule has 0 heterocycles. The molecule has 0 spiro atoms. The van der Waals surface area contributed by atoms with Gasteiger partial charge in [-0.25, -0.2) is 0 Å². The number of hydrogen-bond acceptors (Lipinski definition) is 3. The van der Waals surface area contributed by atoms with Gasteiger partial charge in [-0.2, -0.15) is 0 Å². The van der Waals surface area contributed by atoms with E-state index in [4.69, 9.17) is 4.74 Å². The van der Waals surface area contributed by atoms with Gasteiger partial charge in [0.15, 0.2) is 0 Å². The molecule has 1 atom stereocenters. The zero-order chi connectivity index (χ0) is 15.1. The van der Waals surface area contributed by atoms with Crippen molar-refractivity contribution in [2.24, 2.45) is 0 Å². The van der Waals surface area contributed by atoms with Crippen molar-refractivity contribution in [2.75, 3.05) is 32.1 Å². The van der Waals surface area contributed by atoms with Crippen molar-refractivity contribution < 1.29 is 4.74 Å². The fraction of sp³-hybridized carbons (Fsp3) is 0.333. The van der Waals surface area contributed by atoms with Gasteiger partial charge in [-0.1, -0.05) is 30.3 Å². The molecule has 2 aromatic rings. The molecule has 2 rings (SSSR count). The third-order valence-electron chi connectivity index (χ3n) is 3.75. The Bertz CT molecular complexity index is 542. The van der Waals surface area contributed by atoms with E-state index in [-0.39, 0.29) is 6.04 Å². The number of ether oxygens (including phenoxy) is 1. The molecule has 112 valence electrons. The van der Waals surface area contributed by atoms with Gasteiger partial charge in [0.2, 0.25) is 0 Å². The Morgan fingerprint density at radius 3 is 2.48 bits per heavy atom. The molecule has 0 amide bonds. The normalized spacial score (nSPS) is 12.0. The number of rotatable bonds is 7. The van der Waals surface area contributed by atoms with E-state index < -0.39 is 0 Å². The zero-order valence-electron chi connectivity index (χ0n) is 13.0. The molecule has 0 bridgehead atoms. The fourth-order valence-electron chi connectivity index (χ4n) is 2.50. The van der Waals surface area contributed by atoms with Gasteiger partial charge in [0.05, 0.1) is 7.11 Å². The van der Waals surface area contributed by atoms with Gasteiger partial charge in [-0.3, -0.25) is 0 Å². The predicted octanol–water partition coefficient (Wildman–Crippen LogP) is 3.48. The molecule has 0 fully saturated rings. The first-order valence-electron chi connectivity index (χ1n) is 7.39. The van der Waals surface area contributed by atoms with E-state index in [2.05, 4.69) is 59.6 Å². The smallest absolute Gasteiger partial charge is 0.119 e. The molecule has 1 unspecified atom stereocenters. The van der Waals surface area contributed by atoms with Crippen molar-refractivity contribution in [3.63, 3.8) is 0 Å². The second-order valence-electron chi connectivity index (χ2n) is 4.99. The number of benzene rings is 2. The monoisotopic (exact) mass is 284 g/mol. The Hall–Kier alpha value is -2.00. The highest BCUT2D eigenvalue weighted by Crippen LogP contribution is 2.22. The van der Waals surface area contributed by atoms with Crippen molar-refractivity contribution in [2.45, 2.75) is 13.0 Å². The number of methoxy groups -OCH3 is 1. The van der Waals surface area contributed by atoms with Gasteiger partial charge in [0, 0.05) is 24.8 Å². The van der Waals surface area contributed by atoms with Crippen molar-refractivity contribution in [1.29, 1.82) is 0 Å². The molecule has 3 heteroatoms. The lowest BCUT2D eigenvalue weighted by Gasteiger charge is -2.28. The van der Waals surface area contributed by atoms with Crippen LogP contribution < -0.4 is 15.0 Å². The van der Waals surface area contributed by atoms with Crippen LogP contribution in [0.25, 0.3) is 0 Å². The summed E-state index contributed by atoms with van der Waals surface area (Å²) in [6, 6.07) is 19.0. The maximum Gasteiger partial charge on any atom is 0.119 e. The molecule has 0 aliphatic heterocycles. The summed E-state index contributed by atoms with van der Waals surface area (Å²) >= 11 is 0. The van der Waals surface area contributed by atoms with E-state index >= 15 is 0 Å². The SMILES string of the molecule is CCN(CC(NC)c1cccc(OC)c1)c1ccccc1. The summed E-state index contributed by atoms with van der Waals surface area (Å²) in [5.74, 6) is 0.899. The molecule has 3 nitrogen and oxygen atoms in total. The Morgan fingerprint density at radius 2 is 1.86 bits per heavy atom. The summed E-state index contributed by atoms with van der Waals surface area (Å²) in [6.45, 7) is 4.08. The van der Waals surface area contributed by atoms with Gasteiger partial charge < -0.3 is 15.0 Å². The summed E-state index contributed by atoms with van der Waals surface area (Å²) in [6.07, 6.45) is 0. The number of anilines is 1. The highest BCUT2D eigenvalue weighted by molar-refractivity contribution is 5.46. The molecule has 0 radical (unpaired) electrons. The van der Waals surface area contributed by atoms with E-state index in [1.807, 2.05) is 19.2 Å².